The average molecular weight is 261 g/mol. The summed E-state index contributed by atoms with van der Waals surface area (Å²) in [4.78, 5) is 0. The molecule has 0 fully saturated rings. The van der Waals surface area contributed by atoms with Crippen LogP contribution in [0.2, 0.25) is 0 Å². The van der Waals surface area contributed by atoms with Crippen LogP contribution >= 0.6 is 0 Å². The van der Waals surface area contributed by atoms with Gasteiger partial charge >= 0.3 is 0 Å². The van der Waals surface area contributed by atoms with Crippen LogP contribution in [-0.2, 0) is 11.2 Å². The lowest BCUT2D eigenvalue weighted by molar-refractivity contribution is 0.0626. The maximum atomic E-state index is 5.73. The molecule has 0 bridgehead atoms. The Bertz CT molecular complexity index is 389. The molecule has 0 aromatic heterocycles. The van der Waals surface area contributed by atoms with Gasteiger partial charge in [0.2, 0.25) is 0 Å². The van der Waals surface area contributed by atoms with Gasteiger partial charge in [0.05, 0.1) is 6.10 Å². The Kier molecular flexibility index (Phi) is 5.41. The van der Waals surface area contributed by atoms with Gasteiger partial charge in [-0.1, -0.05) is 31.2 Å². The first-order chi connectivity index (χ1) is 9.22. The van der Waals surface area contributed by atoms with Crippen LogP contribution in [0.25, 0.3) is 0 Å². The van der Waals surface area contributed by atoms with Crippen molar-refractivity contribution in [2.75, 3.05) is 13.2 Å². The van der Waals surface area contributed by atoms with E-state index >= 15 is 0 Å². The number of fused-ring (bicyclic) bond motifs is 1. The second-order valence-corrected chi connectivity index (χ2v) is 5.74. The lowest BCUT2D eigenvalue weighted by Gasteiger charge is -2.34. The third-order valence-electron chi connectivity index (χ3n) is 4.01. The van der Waals surface area contributed by atoms with Crippen LogP contribution in [0, 0.1) is 5.92 Å². The van der Waals surface area contributed by atoms with Crippen molar-refractivity contribution >= 4 is 0 Å². The van der Waals surface area contributed by atoms with Crippen LogP contribution < -0.4 is 5.32 Å². The van der Waals surface area contributed by atoms with Crippen molar-refractivity contribution in [3.63, 3.8) is 0 Å². The maximum absolute atomic E-state index is 5.73. The minimum absolute atomic E-state index is 0.341. The molecule has 1 aliphatic carbocycles. The summed E-state index contributed by atoms with van der Waals surface area (Å²) in [6.45, 7) is 8.32. The second kappa shape index (κ2) is 7.06. The smallest absolute Gasteiger partial charge is 0.0518 e. The highest BCUT2D eigenvalue weighted by atomic mass is 16.5. The number of aryl methyl sites for hydroxylation is 1. The van der Waals surface area contributed by atoms with E-state index < -0.39 is 0 Å². The molecule has 2 rings (SSSR count). The van der Waals surface area contributed by atoms with Gasteiger partial charge in [-0.15, -0.1) is 0 Å². The highest BCUT2D eigenvalue weighted by Gasteiger charge is 2.28. The summed E-state index contributed by atoms with van der Waals surface area (Å²) in [5, 5.41) is 3.67. The fourth-order valence-corrected chi connectivity index (χ4v) is 3.09. The quantitative estimate of drug-likeness (QED) is 0.843. The zero-order valence-electron chi connectivity index (χ0n) is 12.5. The zero-order chi connectivity index (χ0) is 13.7. The Morgan fingerprint density at radius 3 is 2.84 bits per heavy atom. The molecule has 19 heavy (non-hydrogen) atoms. The van der Waals surface area contributed by atoms with Crippen molar-refractivity contribution in [2.45, 2.75) is 52.2 Å². The van der Waals surface area contributed by atoms with Gasteiger partial charge < -0.3 is 10.1 Å². The molecule has 0 radical (unpaired) electrons. The summed E-state index contributed by atoms with van der Waals surface area (Å²) in [5.74, 6) is 0.702. The first-order valence-corrected chi connectivity index (χ1v) is 7.65. The average Bonchev–Trinajstić information content (AvgIpc) is 2.41. The van der Waals surface area contributed by atoms with Gasteiger partial charge in [-0.3, -0.25) is 0 Å². The van der Waals surface area contributed by atoms with Crippen LogP contribution in [0.4, 0.5) is 0 Å². The molecule has 2 atom stereocenters. The van der Waals surface area contributed by atoms with E-state index in [1.165, 1.54) is 24.0 Å². The Hall–Kier alpha value is -0.860. The van der Waals surface area contributed by atoms with E-state index in [9.17, 15) is 0 Å². The van der Waals surface area contributed by atoms with E-state index in [2.05, 4.69) is 50.4 Å². The lowest BCUT2D eigenvalue weighted by atomic mass is 9.78. The van der Waals surface area contributed by atoms with Crippen molar-refractivity contribution < 1.29 is 4.74 Å². The van der Waals surface area contributed by atoms with Gasteiger partial charge in [-0.25, -0.2) is 0 Å². The van der Waals surface area contributed by atoms with Crippen molar-refractivity contribution in [1.82, 2.24) is 5.32 Å². The predicted octanol–water partition coefficient (Wildman–Crippen LogP) is 3.71. The van der Waals surface area contributed by atoms with E-state index in [1.54, 1.807) is 0 Å². The summed E-state index contributed by atoms with van der Waals surface area (Å²) >= 11 is 0. The van der Waals surface area contributed by atoms with Gasteiger partial charge in [0.1, 0.15) is 0 Å². The SMILES string of the molecule is CCNC1c2ccccc2CCC1CCOC(C)C. The lowest BCUT2D eigenvalue weighted by Crippen LogP contribution is -2.33. The fourth-order valence-electron chi connectivity index (χ4n) is 3.09. The molecule has 1 aromatic rings. The van der Waals surface area contributed by atoms with Gasteiger partial charge in [0.15, 0.2) is 0 Å². The zero-order valence-corrected chi connectivity index (χ0v) is 12.5. The van der Waals surface area contributed by atoms with E-state index in [0.717, 1.165) is 19.6 Å². The summed E-state index contributed by atoms with van der Waals surface area (Å²) in [7, 11) is 0. The normalized spacial score (nSPS) is 22.5. The van der Waals surface area contributed by atoms with Crippen molar-refractivity contribution in [2.24, 2.45) is 5.92 Å². The van der Waals surface area contributed by atoms with Crippen LogP contribution in [0.15, 0.2) is 24.3 Å². The summed E-state index contributed by atoms with van der Waals surface area (Å²) < 4.78 is 5.73. The monoisotopic (exact) mass is 261 g/mol. The molecule has 1 aromatic carbocycles. The Morgan fingerprint density at radius 2 is 2.11 bits per heavy atom. The van der Waals surface area contributed by atoms with Gasteiger partial charge in [0, 0.05) is 12.6 Å². The van der Waals surface area contributed by atoms with Crippen molar-refractivity contribution in [1.29, 1.82) is 0 Å². The highest BCUT2D eigenvalue weighted by molar-refractivity contribution is 5.33. The van der Waals surface area contributed by atoms with E-state index in [4.69, 9.17) is 4.74 Å². The minimum atomic E-state index is 0.341. The van der Waals surface area contributed by atoms with Crippen LogP contribution in [0.3, 0.4) is 0 Å². The number of hydrogen-bond acceptors (Lipinski definition) is 2. The molecule has 0 saturated heterocycles. The fraction of sp³-hybridized carbons (Fsp3) is 0.647. The number of rotatable bonds is 6. The van der Waals surface area contributed by atoms with Crippen LogP contribution in [0.5, 0.6) is 0 Å². The largest absolute Gasteiger partial charge is 0.379 e. The Morgan fingerprint density at radius 1 is 1.32 bits per heavy atom. The number of ether oxygens (including phenoxy) is 1. The number of hydrogen-bond donors (Lipinski definition) is 1. The third kappa shape index (κ3) is 3.80. The molecule has 0 saturated carbocycles. The first kappa shape index (κ1) is 14.5. The molecule has 0 aliphatic heterocycles. The van der Waals surface area contributed by atoms with E-state index in [-0.39, 0.29) is 0 Å². The molecule has 2 heteroatoms. The second-order valence-electron chi connectivity index (χ2n) is 5.74. The molecule has 0 amide bonds. The molecule has 2 unspecified atom stereocenters. The molecule has 1 N–H and O–H groups in total. The van der Waals surface area contributed by atoms with Crippen LogP contribution in [0.1, 0.15) is 50.8 Å². The molecule has 106 valence electrons. The van der Waals surface area contributed by atoms with Gasteiger partial charge in [-0.2, -0.15) is 0 Å². The number of benzene rings is 1. The molecule has 0 spiro atoms. The molecular formula is C17H27NO. The first-order valence-electron chi connectivity index (χ1n) is 7.65. The number of nitrogens with one attached hydrogen (secondary N) is 1. The summed E-state index contributed by atoms with van der Waals surface area (Å²) in [5.41, 5.74) is 3.03. The van der Waals surface area contributed by atoms with Gasteiger partial charge in [-0.05, 0) is 56.7 Å². The standard InChI is InChI=1S/C17H27NO/c1-4-18-17-15(11-12-19-13(2)3)10-9-14-7-5-6-8-16(14)17/h5-8,13,15,17-18H,4,9-12H2,1-3H3. The molecule has 1 aliphatic rings. The molecule has 0 heterocycles. The molecular weight excluding hydrogens is 234 g/mol. The topological polar surface area (TPSA) is 21.3 Å². The van der Waals surface area contributed by atoms with E-state index in [1.807, 2.05) is 0 Å². The summed E-state index contributed by atoms with van der Waals surface area (Å²) in [6, 6.07) is 9.39. The van der Waals surface area contributed by atoms with Gasteiger partial charge in [0.25, 0.3) is 0 Å². The minimum Gasteiger partial charge on any atom is -0.379 e. The molecule has 2 nitrogen and oxygen atoms in total. The summed E-state index contributed by atoms with van der Waals surface area (Å²) in [6.07, 6.45) is 3.98. The predicted molar refractivity (Wildman–Crippen MR) is 80.4 cm³/mol. The van der Waals surface area contributed by atoms with Crippen molar-refractivity contribution in [3.8, 4) is 0 Å². The maximum Gasteiger partial charge on any atom is 0.0518 e. The van der Waals surface area contributed by atoms with Crippen LogP contribution in [-0.4, -0.2) is 19.3 Å². The third-order valence-corrected chi connectivity index (χ3v) is 4.01. The van der Waals surface area contributed by atoms with Crippen molar-refractivity contribution in [3.05, 3.63) is 35.4 Å². The van der Waals surface area contributed by atoms with E-state index in [0.29, 0.717) is 18.1 Å². The Balaban J connectivity index is 2.04. The Labute approximate surface area is 117 Å². The highest BCUT2D eigenvalue weighted by Crippen LogP contribution is 2.36.